The third kappa shape index (κ3) is 3.55. The third-order valence-corrected chi connectivity index (χ3v) is 13.0. The number of benzene rings is 1. The molecule has 1 N–H and O–H groups in total. The zero-order chi connectivity index (χ0) is 14.7. The normalized spacial score (nSPS) is 18.4. The number of rotatable bonds is 3. The summed E-state index contributed by atoms with van der Waals surface area (Å²) in [6, 6.07) is 7.22. The van der Waals surface area contributed by atoms with Crippen LogP contribution in [0.5, 0.6) is 0 Å². The topological polar surface area (TPSA) is 54.4 Å². The van der Waals surface area contributed by atoms with Gasteiger partial charge in [0.1, 0.15) is 0 Å². The SMILES string of the molecule is C[CH](C(=O)O)[In]1[CH]=CCC(=O)/[C]1=C\c1ccc(Cl)cc1. The van der Waals surface area contributed by atoms with Crippen molar-refractivity contribution in [1.29, 1.82) is 0 Å². The quantitative estimate of drug-likeness (QED) is 0.803. The Labute approximate surface area is 130 Å². The number of halogens is 1. The predicted molar refractivity (Wildman–Crippen MR) is 81.0 cm³/mol. The summed E-state index contributed by atoms with van der Waals surface area (Å²) in [6.07, 6.45) is 4.06. The third-order valence-electron chi connectivity index (χ3n) is 3.45. The number of hydrogen-bond acceptors (Lipinski definition) is 2. The van der Waals surface area contributed by atoms with E-state index in [0.29, 0.717) is 11.4 Å². The average Bonchev–Trinajstić information content (AvgIpc) is 2.42. The second kappa shape index (κ2) is 6.64. The zero-order valence-corrected chi connectivity index (χ0v) is 15.1. The molecule has 1 atom stereocenters. The molecule has 1 aromatic rings. The van der Waals surface area contributed by atoms with Crippen LogP contribution in [0, 0.1) is 0 Å². The standard InChI is InChI=1S/C12H9ClO.C3H5O2.In/c1-2-3-12(14)9-6-10-4-7-11(13)8-5-10;1-2-3(4)5;/h1-2,4-8H,3H2;2H,1H3,(H,4,5);. The van der Waals surface area contributed by atoms with Gasteiger partial charge >= 0.3 is 131 Å². The fourth-order valence-electron chi connectivity index (χ4n) is 2.23. The van der Waals surface area contributed by atoms with Gasteiger partial charge in [-0.3, -0.25) is 0 Å². The molecule has 20 heavy (non-hydrogen) atoms. The van der Waals surface area contributed by atoms with Crippen LogP contribution in [0.15, 0.2) is 37.5 Å². The van der Waals surface area contributed by atoms with Crippen molar-refractivity contribution in [3.05, 3.63) is 48.1 Å². The van der Waals surface area contributed by atoms with Gasteiger partial charge in [0, 0.05) is 0 Å². The summed E-state index contributed by atoms with van der Waals surface area (Å²) in [4.78, 5) is 23.3. The van der Waals surface area contributed by atoms with Gasteiger partial charge in [-0.2, -0.15) is 0 Å². The van der Waals surface area contributed by atoms with Gasteiger partial charge in [-0.1, -0.05) is 0 Å². The van der Waals surface area contributed by atoms with Gasteiger partial charge in [0.2, 0.25) is 0 Å². The first-order valence-corrected chi connectivity index (χ1v) is 12.2. The molecule has 0 saturated heterocycles. The van der Waals surface area contributed by atoms with Gasteiger partial charge in [-0.15, -0.1) is 0 Å². The number of ketones is 1. The number of carbonyl (C=O) groups is 2. The maximum absolute atomic E-state index is 12.1. The number of aliphatic carboxylic acids is 1. The first-order chi connectivity index (χ1) is 9.49. The molecule has 0 spiro atoms. The van der Waals surface area contributed by atoms with Crippen molar-refractivity contribution in [3.63, 3.8) is 0 Å². The van der Waals surface area contributed by atoms with E-state index in [1.54, 1.807) is 19.1 Å². The molecule has 1 aromatic carbocycles. The van der Waals surface area contributed by atoms with Gasteiger partial charge in [-0.05, 0) is 0 Å². The van der Waals surface area contributed by atoms with E-state index in [9.17, 15) is 14.7 Å². The molecule has 5 heteroatoms. The zero-order valence-electron chi connectivity index (χ0n) is 11.0. The first kappa shape index (κ1) is 15.4. The fourth-order valence-corrected chi connectivity index (χ4v) is 10.0. The van der Waals surface area contributed by atoms with Crippen molar-refractivity contribution < 1.29 is 14.7 Å². The van der Waals surface area contributed by atoms with E-state index in [-0.39, 0.29) is 5.78 Å². The summed E-state index contributed by atoms with van der Waals surface area (Å²) in [6.45, 7) is 1.71. The summed E-state index contributed by atoms with van der Waals surface area (Å²) >= 11 is 3.11. The van der Waals surface area contributed by atoms with Gasteiger partial charge < -0.3 is 0 Å². The maximum atomic E-state index is 12.1. The van der Waals surface area contributed by atoms with E-state index in [0.717, 1.165) is 8.89 Å². The molecular weight excluding hydrogens is 378 g/mol. The Bertz CT molecular complexity index is 590. The Hall–Kier alpha value is -1.000. The van der Waals surface area contributed by atoms with Crippen LogP contribution in [0.1, 0.15) is 18.9 Å². The van der Waals surface area contributed by atoms with E-state index in [4.69, 9.17) is 11.6 Å². The van der Waals surface area contributed by atoms with Crippen molar-refractivity contribution in [1.82, 2.24) is 0 Å². The Morgan fingerprint density at radius 2 is 2.05 bits per heavy atom. The van der Waals surface area contributed by atoms with Gasteiger partial charge in [-0.25, -0.2) is 0 Å². The fraction of sp³-hybridized carbons (Fsp3) is 0.200. The molecule has 0 saturated carbocycles. The van der Waals surface area contributed by atoms with E-state index >= 15 is 0 Å². The van der Waals surface area contributed by atoms with Crippen LogP contribution in [0.4, 0.5) is 0 Å². The Kier molecular flexibility index (Phi) is 5.11. The second-order valence-corrected chi connectivity index (χ2v) is 14.0. The van der Waals surface area contributed by atoms with E-state index in [1.807, 2.05) is 28.1 Å². The molecule has 3 nitrogen and oxygen atoms in total. The molecule has 1 unspecified atom stereocenters. The predicted octanol–water partition coefficient (Wildman–Crippen LogP) is 3.30. The molecule has 1 aliphatic heterocycles. The molecule has 0 bridgehead atoms. The van der Waals surface area contributed by atoms with E-state index in [1.165, 1.54) is 0 Å². The Morgan fingerprint density at radius 1 is 1.40 bits per heavy atom. The molecule has 0 aromatic heterocycles. The van der Waals surface area contributed by atoms with Crippen LogP contribution in [-0.2, 0) is 9.59 Å². The molecule has 2 rings (SSSR count). The molecule has 0 aliphatic carbocycles. The number of hydrogen-bond donors (Lipinski definition) is 1. The number of allylic oxidation sites excluding steroid dienone is 2. The number of carboxylic acids is 1. The molecule has 0 amide bonds. The van der Waals surface area contributed by atoms with Crippen molar-refractivity contribution in [2.24, 2.45) is 0 Å². The summed E-state index contributed by atoms with van der Waals surface area (Å²) in [5.74, 6) is -0.747. The van der Waals surface area contributed by atoms with E-state index in [2.05, 4.69) is 0 Å². The van der Waals surface area contributed by atoms with Gasteiger partial charge in [0.25, 0.3) is 0 Å². The molecule has 102 valence electrons. The minimum atomic E-state index is -2.73. The van der Waals surface area contributed by atoms with Crippen molar-refractivity contribution in [2.75, 3.05) is 0 Å². The molecular formula is C15H14ClInO3. The summed E-state index contributed by atoms with van der Waals surface area (Å²) < 4.78 is 2.35. The van der Waals surface area contributed by atoms with Gasteiger partial charge in [0.15, 0.2) is 0 Å². The Balaban J connectivity index is 2.38. The van der Waals surface area contributed by atoms with Crippen LogP contribution < -0.4 is 0 Å². The van der Waals surface area contributed by atoms with Gasteiger partial charge in [0.05, 0.1) is 0 Å². The monoisotopic (exact) mass is 392 g/mol. The number of Topliss-reactive ketones (excluding diaryl/α,β-unsaturated/α-hetero) is 1. The number of carbonyl (C=O) groups excluding carboxylic acids is 1. The van der Waals surface area contributed by atoms with Crippen LogP contribution in [0.25, 0.3) is 6.08 Å². The van der Waals surface area contributed by atoms with Crippen molar-refractivity contribution in [3.8, 4) is 0 Å². The molecule has 1 aliphatic rings. The van der Waals surface area contributed by atoms with Crippen LogP contribution in [0.3, 0.4) is 0 Å². The van der Waals surface area contributed by atoms with Crippen LogP contribution in [0.2, 0.25) is 8.70 Å². The number of carboxylic acid groups (broad SMARTS) is 1. The van der Waals surface area contributed by atoms with E-state index < -0.39 is 31.1 Å². The van der Waals surface area contributed by atoms with Crippen LogP contribution >= 0.6 is 11.6 Å². The summed E-state index contributed by atoms with van der Waals surface area (Å²) in [7, 11) is 0. The molecule has 0 radical (unpaired) electrons. The molecule has 0 fully saturated rings. The first-order valence-electron chi connectivity index (χ1n) is 6.39. The van der Waals surface area contributed by atoms with Crippen molar-refractivity contribution >= 4 is 50.9 Å². The average molecular weight is 393 g/mol. The molecule has 1 heterocycles. The van der Waals surface area contributed by atoms with Crippen LogP contribution in [-0.4, -0.2) is 38.3 Å². The van der Waals surface area contributed by atoms with Crippen molar-refractivity contribution in [2.45, 2.75) is 17.0 Å². The second-order valence-electron chi connectivity index (χ2n) is 4.86. The summed E-state index contributed by atoms with van der Waals surface area (Å²) in [5.41, 5.74) is 0.896. The minimum absolute atomic E-state index is 0.0661. The Morgan fingerprint density at radius 3 is 2.65 bits per heavy atom. The summed E-state index contributed by atoms with van der Waals surface area (Å²) in [5, 5.41) is 9.84.